The largest absolute Gasteiger partial charge is 0.463 e. The molecule has 2 nitrogen and oxygen atoms in total. The van der Waals surface area contributed by atoms with Crippen LogP contribution in [0.5, 0.6) is 0 Å². The zero-order valence-corrected chi connectivity index (χ0v) is 5.59. The van der Waals surface area contributed by atoms with Gasteiger partial charge in [0.25, 0.3) is 0 Å². The summed E-state index contributed by atoms with van der Waals surface area (Å²) in [6.07, 6.45) is 2.85. The Kier molecular flexibility index (Phi) is 4.88. The van der Waals surface area contributed by atoms with Crippen LogP contribution in [-0.4, -0.2) is 12.6 Å². The maximum absolute atomic E-state index is 10.3. The number of carbonyl (C=O) groups excluding carboxylic acids is 1. The first-order valence-electron chi connectivity index (χ1n) is 3.03. The third kappa shape index (κ3) is 5.07. The Hall–Kier alpha value is -0.790. The van der Waals surface area contributed by atoms with Gasteiger partial charge in [-0.05, 0) is 6.42 Å². The van der Waals surface area contributed by atoms with Crippen LogP contribution in [0.4, 0.5) is 0 Å². The minimum Gasteiger partial charge on any atom is -0.463 e. The van der Waals surface area contributed by atoms with E-state index in [0.29, 0.717) is 6.61 Å². The van der Waals surface area contributed by atoms with Crippen molar-refractivity contribution in [3.05, 3.63) is 12.7 Å². The average molecular weight is 127 g/mol. The number of rotatable bonds is 4. The highest BCUT2D eigenvalue weighted by Gasteiger charge is 1.91. The normalized spacial score (nSPS) is 8.56. The minimum atomic E-state index is -0.441. The molecule has 0 unspecified atom stereocenters. The summed E-state index contributed by atoms with van der Waals surface area (Å²) in [4.78, 5) is 10.3. The summed E-state index contributed by atoms with van der Waals surface area (Å²) in [5.41, 5.74) is 0. The van der Waals surface area contributed by atoms with Crippen molar-refractivity contribution in [1.29, 1.82) is 0 Å². The van der Waals surface area contributed by atoms with Gasteiger partial charge >= 0.3 is 5.97 Å². The van der Waals surface area contributed by atoms with Crippen molar-refractivity contribution < 1.29 is 9.53 Å². The van der Waals surface area contributed by atoms with Crippen LogP contribution in [0.25, 0.3) is 0 Å². The average Bonchev–Trinajstić information content (AvgIpc) is 1.89. The molecule has 51 valence electrons. The highest BCUT2D eigenvalue weighted by Crippen LogP contribution is 1.87. The second-order valence-corrected chi connectivity index (χ2v) is 1.69. The van der Waals surface area contributed by atoms with Gasteiger partial charge in [-0.25, -0.2) is 4.79 Å². The molecule has 0 aliphatic heterocycles. The fourth-order valence-electron chi connectivity index (χ4n) is 0.365. The molecular weight excluding hydrogens is 116 g/mol. The molecule has 0 rings (SSSR count). The van der Waals surface area contributed by atoms with E-state index in [4.69, 9.17) is 6.58 Å². The minimum absolute atomic E-state index is 0.441. The van der Waals surface area contributed by atoms with Crippen molar-refractivity contribution >= 4 is 5.97 Å². The van der Waals surface area contributed by atoms with E-state index in [1.807, 2.05) is 6.92 Å². The highest BCUT2D eigenvalue weighted by atomic mass is 16.5. The van der Waals surface area contributed by atoms with Gasteiger partial charge in [0, 0.05) is 6.08 Å². The van der Waals surface area contributed by atoms with Crippen LogP contribution in [0.2, 0.25) is 0 Å². The van der Waals surface area contributed by atoms with Crippen LogP contribution in [-0.2, 0) is 9.53 Å². The first-order valence-corrected chi connectivity index (χ1v) is 3.03. The molecule has 0 spiro atoms. The summed E-state index contributed by atoms with van der Waals surface area (Å²) in [5.74, 6) is -0.441. The predicted octanol–water partition coefficient (Wildman–Crippen LogP) is 1.32. The van der Waals surface area contributed by atoms with E-state index in [0.717, 1.165) is 18.9 Å². The van der Waals surface area contributed by atoms with Gasteiger partial charge in [0.2, 0.25) is 0 Å². The molecule has 0 aliphatic rings. The number of hydrogen-bond donors (Lipinski definition) is 0. The summed E-state index contributed by atoms with van der Waals surface area (Å²) >= 11 is 0. The zero-order valence-electron chi connectivity index (χ0n) is 5.59. The molecule has 0 aromatic rings. The van der Waals surface area contributed by atoms with Crippen LogP contribution in [0.3, 0.4) is 0 Å². The van der Waals surface area contributed by atoms with Crippen molar-refractivity contribution in [2.45, 2.75) is 19.8 Å². The molecule has 2 heteroatoms. The molecule has 1 radical (unpaired) electrons. The fourth-order valence-corrected chi connectivity index (χ4v) is 0.365. The first kappa shape index (κ1) is 8.21. The SMILES string of the molecule is [CH]=CC(=O)OCCCC. The molecule has 0 saturated heterocycles. The molecule has 0 N–H and O–H groups in total. The molecule has 0 bridgehead atoms. The molecular formula is C7H11O2. The molecule has 0 heterocycles. The Bertz CT molecular complexity index is 97.1. The molecule has 0 atom stereocenters. The van der Waals surface area contributed by atoms with Gasteiger partial charge in [-0.15, -0.1) is 0 Å². The molecule has 0 fully saturated rings. The molecule has 0 aromatic heterocycles. The lowest BCUT2D eigenvalue weighted by Gasteiger charge is -1.97. The molecule has 0 aromatic carbocycles. The highest BCUT2D eigenvalue weighted by molar-refractivity contribution is 5.80. The van der Waals surface area contributed by atoms with Crippen molar-refractivity contribution in [1.82, 2.24) is 0 Å². The molecule has 0 aliphatic carbocycles. The van der Waals surface area contributed by atoms with E-state index in [1.165, 1.54) is 0 Å². The lowest BCUT2D eigenvalue weighted by molar-refractivity contribution is -0.137. The zero-order chi connectivity index (χ0) is 7.11. The van der Waals surface area contributed by atoms with E-state index < -0.39 is 5.97 Å². The lowest BCUT2D eigenvalue weighted by atomic mass is 10.4. The topological polar surface area (TPSA) is 26.3 Å². The van der Waals surface area contributed by atoms with Crippen molar-refractivity contribution in [3.8, 4) is 0 Å². The lowest BCUT2D eigenvalue weighted by Crippen LogP contribution is -2.00. The van der Waals surface area contributed by atoms with Crippen LogP contribution < -0.4 is 0 Å². The van der Waals surface area contributed by atoms with Crippen molar-refractivity contribution in [3.63, 3.8) is 0 Å². The van der Waals surface area contributed by atoms with E-state index >= 15 is 0 Å². The van der Waals surface area contributed by atoms with Gasteiger partial charge in [0.15, 0.2) is 0 Å². The van der Waals surface area contributed by atoms with Gasteiger partial charge in [-0.3, -0.25) is 0 Å². The Morgan fingerprint density at radius 1 is 1.78 bits per heavy atom. The predicted molar refractivity (Wildman–Crippen MR) is 34.7 cm³/mol. The number of hydrogen-bond acceptors (Lipinski definition) is 2. The van der Waals surface area contributed by atoms with E-state index in [2.05, 4.69) is 4.74 Å². The monoisotopic (exact) mass is 127 g/mol. The number of unbranched alkanes of at least 4 members (excludes halogenated alkanes) is 1. The third-order valence-electron chi connectivity index (χ3n) is 0.878. The van der Waals surface area contributed by atoms with Gasteiger partial charge in [0.05, 0.1) is 6.61 Å². The van der Waals surface area contributed by atoms with Gasteiger partial charge in [-0.1, -0.05) is 19.9 Å². The summed E-state index contributed by atoms with van der Waals surface area (Å²) in [6, 6.07) is 0. The Morgan fingerprint density at radius 2 is 2.44 bits per heavy atom. The Morgan fingerprint density at radius 3 is 2.89 bits per heavy atom. The number of carbonyl (C=O) groups is 1. The molecule has 0 amide bonds. The Labute approximate surface area is 55.5 Å². The van der Waals surface area contributed by atoms with Crippen LogP contribution in [0.15, 0.2) is 6.08 Å². The Balaban J connectivity index is 3.07. The number of esters is 1. The van der Waals surface area contributed by atoms with E-state index in [-0.39, 0.29) is 0 Å². The maximum atomic E-state index is 10.3. The summed E-state index contributed by atoms with van der Waals surface area (Å²) in [6.45, 7) is 7.36. The molecule has 0 saturated carbocycles. The van der Waals surface area contributed by atoms with Crippen LogP contribution in [0, 0.1) is 6.58 Å². The molecule has 9 heavy (non-hydrogen) atoms. The van der Waals surface area contributed by atoms with E-state index in [1.54, 1.807) is 0 Å². The smallest absolute Gasteiger partial charge is 0.330 e. The maximum Gasteiger partial charge on any atom is 0.330 e. The second kappa shape index (κ2) is 5.35. The summed E-state index contributed by atoms with van der Waals surface area (Å²) < 4.78 is 4.61. The number of ether oxygens (including phenoxy) is 1. The van der Waals surface area contributed by atoms with Gasteiger partial charge in [0.1, 0.15) is 0 Å². The van der Waals surface area contributed by atoms with Crippen LogP contribution >= 0.6 is 0 Å². The summed E-state index contributed by atoms with van der Waals surface area (Å²) in [7, 11) is 0. The second-order valence-electron chi connectivity index (χ2n) is 1.69. The first-order chi connectivity index (χ1) is 4.31. The third-order valence-corrected chi connectivity index (χ3v) is 0.878. The van der Waals surface area contributed by atoms with Gasteiger partial charge < -0.3 is 4.74 Å². The standard InChI is InChI=1S/C7H11O2/c1-3-5-6-9-7(8)4-2/h2,4H,3,5-6H2,1H3. The van der Waals surface area contributed by atoms with E-state index in [9.17, 15) is 4.79 Å². The van der Waals surface area contributed by atoms with Crippen molar-refractivity contribution in [2.75, 3.05) is 6.61 Å². The quantitative estimate of drug-likeness (QED) is 0.323. The van der Waals surface area contributed by atoms with Gasteiger partial charge in [-0.2, -0.15) is 0 Å². The fraction of sp³-hybridized carbons (Fsp3) is 0.571. The van der Waals surface area contributed by atoms with Crippen LogP contribution in [0.1, 0.15) is 19.8 Å². The van der Waals surface area contributed by atoms with Crippen molar-refractivity contribution in [2.24, 2.45) is 0 Å². The summed E-state index contributed by atoms with van der Waals surface area (Å²) in [5, 5.41) is 0.